The Labute approximate surface area is 144 Å². The number of carbonyl (C=O) groups is 2. The molecule has 1 aromatic heterocycles. The van der Waals surface area contributed by atoms with E-state index in [-0.39, 0.29) is 12.1 Å². The number of ether oxygens (including phenoxy) is 1. The number of hydrogen-bond acceptors (Lipinski definition) is 6. The largest absolute Gasteiger partial charge is 0.468 e. The number of rotatable bonds is 7. The van der Waals surface area contributed by atoms with Gasteiger partial charge in [0.15, 0.2) is 0 Å². The Morgan fingerprint density at radius 1 is 1.40 bits per heavy atom. The van der Waals surface area contributed by atoms with Crippen LogP contribution in [0.5, 0.6) is 0 Å². The van der Waals surface area contributed by atoms with E-state index in [0.29, 0.717) is 17.8 Å². The number of methoxy groups -OCH3 is 1. The number of nitrogens with two attached hydrogens (primary N) is 1. The van der Waals surface area contributed by atoms with E-state index in [1.54, 1.807) is 4.68 Å². The third-order valence-electron chi connectivity index (χ3n) is 3.50. The van der Waals surface area contributed by atoms with Crippen LogP contribution >= 0.6 is 0 Å². The van der Waals surface area contributed by atoms with Crippen LogP contribution in [0.15, 0.2) is 24.4 Å². The SMILES string of the molecule is CCCn1nncc1-c1cc(F)cc(C(=O)NC[C@@H](N)C(=O)OC)c1. The van der Waals surface area contributed by atoms with Crippen molar-refractivity contribution in [3.63, 3.8) is 0 Å². The summed E-state index contributed by atoms with van der Waals surface area (Å²) >= 11 is 0. The van der Waals surface area contributed by atoms with Crippen molar-refractivity contribution in [3.8, 4) is 11.3 Å². The number of benzene rings is 1. The fraction of sp³-hybridized carbons (Fsp3) is 0.375. The average Bonchev–Trinajstić information content (AvgIpc) is 3.06. The van der Waals surface area contributed by atoms with E-state index in [9.17, 15) is 14.0 Å². The minimum atomic E-state index is -0.989. The normalized spacial score (nSPS) is 11.8. The molecule has 0 fully saturated rings. The molecule has 1 amide bonds. The molecule has 1 heterocycles. The van der Waals surface area contributed by atoms with Crippen LogP contribution in [0.1, 0.15) is 23.7 Å². The van der Waals surface area contributed by atoms with Gasteiger partial charge >= 0.3 is 5.97 Å². The minimum absolute atomic E-state index is 0.108. The first-order chi connectivity index (χ1) is 12.0. The number of esters is 1. The van der Waals surface area contributed by atoms with Crippen LogP contribution in [0, 0.1) is 5.82 Å². The second kappa shape index (κ2) is 8.34. The molecule has 2 rings (SSSR count). The van der Waals surface area contributed by atoms with Crippen LogP contribution in [0.3, 0.4) is 0 Å². The van der Waals surface area contributed by atoms with Crippen molar-refractivity contribution in [1.29, 1.82) is 0 Å². The van der Waals surface area contributed by atoms with Gasteiger partial charge in [-0.2, -0.15) is 0 Å². The first-order valence-corrected chi connectivity index (χ1v) is 7.77. The van der Waals surface area contributed by atoms with Gasteiger partial charge < -0.3 is 15.8 Å². The van der Waals surface area contributed by atoms with E-state index in [2.05, 4.69) is 20.4 Å². The molecule has 0 saturated carbocycles. The van der Waals surface area contributed by atoms with Crippen LogP contribution in [-0.4, -0.2) is 46.6 Å². The lowest BCUT2D eigenvalue weighted by molar-refractivity contribution is -0.141. The Hall–Kier alpha value is -2.81. The predicted octanol–water partition coefficient (Wildman–Crippen LogP) is 0.724. The van der Waals surface area contributed by atoms with Gasteiger partial charge in [0.1, 0.15) is 11.9 Å². The van der Waals surface area contributed by atoms with Gasteiger partial charge in [0.05, 0.1) is 19.0 Å². The van der Waals surface area contributed by atoms with Crippen molar-refractivity contribution in [1.82, 2.24) is 20.3 Å². The lowest BCUT2D eigenvalue weighted by Gasteiger charge is -2.11. The van der Waals surface area contributed by atoms with Gasteiger partial charge in [-0.05, 0) is 24.6 Å². The molecule has 0 aliphatic carbocycles. The Kier molecular flexibility index (Phi) is 6.18. The topological polar surface area (TPSA) is 112 Å². The summed E-state index contributed by atoms with van der Waals surface area (Å²) < 4.78 is 20.1. The second-order valence-corrected chi connectivity index (χ2v) is 5.41. The van der Waals surface area contributed by atoms with Gasteiger partial charge in [-0.25, -0.2) is 9.07 Å². The molecule has 0 bridgehead atoms. The molecular formula is C16H20FN5O3. The summed E-state index contributed by atoms with van der Waals surface area (Å²) in [4.78, 5) is 23.5. The highest BCUT2D eigenvalue weighted by atomic mass is 19.1. The van der Waals surface area contributed by atoms with E-state index in [1.807, 2.05) is 6.92 Å². The maximum atomic E-state index is 14.0. The summed E-state index contributed by atoms with van der Waals surface area (Å²) in [5.74, 6) is -1.76. The molecule has 0 saturated heterocycles. The van der Waals surface area contributed by atoms with E-state index in [4.69, 9.17) is 5.73 Å². The molecule has 0 aliphatic rings. The van der Waals surface area contributed by atoms with Gasteiger partial charge in [-0.3, -0.25) is 9.59 Å². The van der Waals surface area contributed by atoms with E-state index < -0.39 is 23.7 Å². The maximum Gasteiger partial charge on any atom is 0.324 e. The van der Waals surface area contributed by atoms with Crippen molar-refractivity contribution in [2.75, 3.05) is 13.7 Å². The highest BCUT2D eigenvalue weighted by Crippen LogP contribution is 2.21. The number of aromatic nitrogens is 3. The van der Waals surface area contributed by atoms with E-state index >= 15 is 0 Å². The third-order valence-corrected chi connectivity index (χ3v) is 3.50. The fourth-order valence-electron chi connectivity index (χ4n) is 2.27. The van der Waals surface area contributed by atoms with Crippen LogP contribution in [0.2, 0.25) is 0 Å². The number of hydrogen-bond donors (Lipinski definition) is 2. The third kappa shape index (κ3) is 4.60. The molecule has 1 aromatic carbocycles. The van der Waals surface area contributed by atoms with Gasteiger partial charge in [-0.15, -0.1) is 5.10 Å². The van der Waals surface area contributed by atoms with Gasteiger partial charge in [0, 0.05) is 24.2 Å². The lowest BCUT2D eigenvalue weighted by Crippen LogP contribution is -2.43. The Morgan fingerprint density at radius 3 is 2.84 bits per heavy atom. The van der Waals surface area contributed by atoms with Crippen LogP contribution in [0.4, 0.5) is 4.39 Å². The second-order valence-electron chi connectivity index (χ2n) is 5.41. The smallest absolute Gasteiger partial charge is 0.324 e. The standard InChI is InChI=1S/C16H20FN5O3/c1-3-4-22-14(9-20-21-22)10-5-11(7-12(17)6-10)15(23)19-8-13(18)16(24)25-2/h5-7,9,13H,3-4,8,18H2,1-2H3,(H,19,23)/t13-/m1/s1. The Balaban J connectivity index is 2.19. The van der Waals surface area contributed by atoms with Crippen molar-refractivity contribution in [2.45, 2.75) is 25.9 Å². The molecule has 2 aromatic rings. The van der Waals surface area contributed by atoms with Crippen molar-refractivity contribution >= 4 is 11.9 Å². The number of carbonyl (C=O) groups excluding carboxylic acids is 2. The Morgan fingerprint density at radius 2 is 2.16 bits per heavy atom. The number of nitrogens with one attached hydrogen (secondary N) is 1. The molecule has 25 heavy (non-hydrogen) atoms. The van der Waals surface area contributed by atoms with Crippen LogP contribution in [0.25, 0.3) is 11.3 Å². The molecule has 0 aliphatic heterocycles. The van der Waals surface area contributed by atoms with Crippen molar-refractivity contribution in [3.05, 3.63) is 35.8 Å². The first kappa shape index (κ1) is 18.5. The fourth-order valence-corrected chi connectivity index (χ4v) is 2.27. The molecule has 0 spiro atoms. The molecule has 0 radical (unpaired) electrons. The van der Waals surface area contributed by atoms with E-state index in [0.717, 1.165) is 12.5 Å². The molecule has 134 valence electrons. The number of halogens is 1. The van der Waals surface area contributed by atoms with Gasteiger partial charge in [-0.1, -0.05) is 12.1 Å². The molecule has 0 unspecified atom stereocenters. The quantitative estimate of drug-likeness (QED) is 0.713. The zero-order chi connectivity index (χ0) is 18.4. The molecule has 8 nitrogen and oxygen atoms in total. The highest BCUT2D eigenvalue weighted by molar-refractivity contribution is 5.95. The molecular weight excluding hydrogens is 329 g/mol. The van der Waals surface area contributed by atoms with Crippen LogP contribution in [-0.2, 0) is 16.1 Å². The number of amides is 1. The summed E-state index contributed by atoms with van der Waals surface area (Å²) in [5.41, 5.74) is 6.77. The maximum absolute atomic E-state index is 14.0. The summed E-state index contributed by atoms with van der Waals surface area (Å²) in [6, 6.07) is 2.96. The zero-order valence-corrected chi connectivity index (χ0v) is 14.0. The van der Waals surface area contributed by atoms with E-state index in [1.165, 1.54) is 25.4 Å². The van der Waals surface area contributed by atoms with Gasteiger partial charge in [0.2, 0.25) is 0 Å². The summed E-state index contributed by atoms with van der Waals surface area (Å²) in [7, 11) is 1.20. The highest BCUT2D eigenvalue weighted by Gasteiger charge is 2.17. The molecule has 3 N–H and O–H groups in total. The predicted molar refractivity (Wildman–Crippen MR) is 88.0 cm³/mol. The summed E-state index contributed by atoms with van der Waals surface area (Å²) in [6.07, 6.45) is 2.35. The Bertz CT molecular complexity index is 762. The molecule has 9 heteroatoms. The first-order valence-electron chi connectivity index (χ1n) is 7.77. The summed E-state index contributed by atoms with van der Waals surface area (Å²) in [6.45, 7) is 2.49. The monoisotopic (exact) mass is 349 g/mol. The van der Waals surface area contributed by atoms with Gasteiger partial charge in [0.25, 0.3) is 5.91 Å². The van der Waals surface area contributed by atoms with Crippen molar-refractivity contribution < 1.29 is 18.7 Å². The minimum Gasteiger partial charge on any atom is -0.468 e. The number of aryl methyl sites for hydroxylation is 1. The molecule has 1 atom stereocenters. The average molecular weight is 349 g/mol. The lowest BCUT2D eigenvalue weighted by atomic mass is 10.1. The van der Waals surface area contributed by atoms with Crippen molar-refractivity contribution in [2.24, 2.45) is 5.73 Å². The number of nitrogens with zero attached hydrogens (tertiary/aromatic N) is 3. The zero-order valence-electron chi connectivity index (χ0n) is 14.0. The van der Waals surface area contributed by atoms with Crippen LogP contribution < -0.4 is 11.1 Å². The summed E-state index contributed by atoms with van der Waals surface area (Å²) in [5, 5.41) is 10.3.